The van der Waals surface area contributed by atoms with Crippen LogP contribution in [0.1, 0.15) is 29.8 Å². The highest BCUT2D eigenvalue weighted by atomic mass is 35.5. The van der Waals surface area contributed by atoms with Crippen LogP contribution in [0, 0.1) is 5.92 Å². The van der Waals surface area contributed by atoms with Crippen molar-refractivity contribution in [1.82, 2.24) is 4.90 Å². The zero-order valence-corrected chi connectivity index (χ0v) is 10.3. The number of amides is 1. The molecule has 96 valence electrons. The van der Waals surface area contributed by atoms with E-state index in [4.69, 9.17) is 21.1 Å². The van der Waals surface area contributed by atoms with Crippen molar-refractivity contribution in [2.24, 2.45) is 5.92 Å². The first-order chi connectivity index (χ1) is 8.58. The first-order valence-corrected chi connectivity index (χ1v) is 6.26. The molecule has 1 aromatic rings. The van der Waals surface area contributed by atoms with Crippen molar-refractivity contribution in [2.75, 3.05) is 0 Å². The standard InChI is InChI=1S/C12H12ClNO4/c13-10-4-3-9(18-10)11(15)14-6-1-2-8(14)7(5-6)12(16)17/h3-4,6-8H,1-2,5H2,(H,16,17). The molecule has 6 heteroatoms. The molecular weight excluding hydrogens is 258 g/mol. The highest BCUT2D eigenvalue weighted by Crippen LogP contribution is 2.42. The summed E-state index contributed by atoms with van der Waals surface area (Å²) < 4.78 is 5.10. The van der Waals surface area contributed by atoms with Crippen molar-refractivity contribution in [3.63, 3.8) is 0 Å². The largest absolute Gasteiger partial charge is 0.481 e. The highest BCUT2D eigenvalue weighted by Gasteiger charge is 2.51. The molecule has 2 bridgehead atoms. The normalized spacial score (nSPS) is 29.8. The Kier molecular flexibility index (Phi) is 2.59. The number of carboxylic acid groups (broad SMARTS) is 1. The van der Waals surface area contributed by atoms with Crippen LogP contribution in [0.2, 0.25) is 5.22 Å². The lowest BCUT2D eigenvalue weighted by atomic mass is 9.89. The monoisotopic (exact) mass is 269 g/mol. The summed E-state index contributed by atoms with van der Waals surface area (Å²) in [5, 5.41) is 9.29. The predicted octanol–water partition coefficient (Wildman–Crippen LogP) is 2.01. The van der Waals surface area contributed by atoms with Gasteiger partial charge in [0.1, 0.15) is 0 Å². The van der Waals surface area contributed by atoms with Crippen LogP contribution in [0.3, 0.4) is 0 Å². The molecule has 18 heavy (non-hydrogen) atoms. The Morgan fingerprint density at radius 3 is 2.72 bits per heavy atom. The third kappa shape index (κ3) is 1.61. The maximum absolute atomic E-state index is 12.3. The van der Waals surface area contributed by atoms with Crippen molar-refractivity contribution in [1.29, 1.82) is 0 Å². The molecule has 2 aliphatic rings. The van der Waals surface area contributed by atoms with Gasteiger partial charge in [0.15, 0.2) is 11.0 Å². The Bertz CT molecular complexity index is 512. The molecule has 1 aromatic heterocycles. The van der Waals surface area contributed by atoms with Crippen LogP contribution in [0.15, 0.2) is 16.5 Å². The van der Waals surface area contributed by atoms with E-state index in [9.17, 15) is 9.59 Å². The van der Waals surface area contributed by atoms with Gasteiger partial charge in [0, 0.05) is 12.1 Å². The number of hydrogen-bond acceptors (Lipinski definition) is 3. The molecule has 2 fully saturated rings. The quantitative estimate of drug-likeness (QED) is 0.891. The molecule has 3 rings (SSSR count). The van der Waals surface area contributed by atoms with Crippen molar-refractivity contribution in [3.05, 3.63) is 23.1 Å². The van der Waals surface area contributed by atoms with Gasteiger partial charge in [-0.3, -0.25) is 9.59 Å². The first kappa shape index (κ1) is 11.6. The number of halogens is 1. The van der Waals surface area contributed by atoms with Gasteiger partial charge >= 0.3 is 5.97 Å². The molecule has 0 aliphatic carbocycles. The van der Waals surface area contributed by atoms with Gasteiger partial charge in [-0.25, -0.2) is 0 Å². The van der Waals surface area contributed by atoms with Crippen molar-refractivity contribution in [3.8, 4) is 0 Å². The van der Waals surface area contributed by atoms with E-state index < -0.39 is 11.9 Å². The Labute approximate surface area is 108 Å². The second kappa shape index (κ2) is 4.02. The molecule has 2 aliphatic heterocycles. The van der Waals surface area contributed by atoms with E-state index in [2.05, 4.69) is 0 Å². The van der Waals surface area contributed by atoms with Gasteiger partial charge in [0.05, 0.1) is 5.92 Å². The van der Waals surface area contributed by atoms with Crippen LogP contribution in [0.4, 0.5) is 0 Å². The molecule has 3 heterocycles. The minimum atomic E-state index is -0.822. The van der Waals surface area contributed by atoms with Crippen LogP contribution >= 0.6 is 11.6 Å². The summed E-state index contributed by atoms with van der Waals surface area (Å²) in [4.78, 5) is 25.0. The van der Waals surface area contributed by atoms with Crippen LogP contribution in [-0.4, -0.2) is 34.0 Å². The molecule has 1 N–H and O–H groups in total. The SMILES string of the molecule is O=C(O)C1CC2CCC1N2C(=O)c1ccc(Cl)o1. The Balaban J connectivity index is 1.85. The second-order valence-electron chi connectivity index (χ2n) is 4.80. The maximum atomic E-state index is 12.3. The number of aliphatic carboxylic acids is 1. The number of nitrogens with zero attached hydrogens (tertiary/aromatic N) is 1. The third-order valence-electron chi connectivity index (χ3n) is 3.87. The molecule has 0 saturated carbocycles. The maximum Gasteiger partial charge on any atom is 0.308 e. The molecule has 3 unspecified atom stereocenters. The fourth-order valence-corrected chi connectivity index (χ4v) is 3.27. The van der Waals surface area contributed by atoms with E-state index in [0.29, 0.717) is 6.42 Å². The average molecular weight is 270 g/mol. The Morgan fingerprint density at radius 2 is 2.17 bits per heavy atom. The molecule has 0 spiro atoms. The fraction of sp³-hybridized carbons (Fsp3) is 0.500. The predicted molar refractivity (Wildman–Crippen MR) is 62.4 cm³/mol. The van der Waals surface area contributed by atoms with E-state index >= 15 is 0 Å². The van der Waals surface area contributed by atoms with Crippen LogP contribution < -0.4 is 0 Å². The van der Waals surface area contributed by atoms with E-state index in [1.807, 2.05) is 0 Å². The summed E-state index contributed by atoms with van der Waals surface area (Å²) in [6.45, 7) is 0. The number of rotatable bonds is 2. The molecule has 5 nitrogen and oxygen atoms in total. The number of fused-ring (bicyclic) bond motifs is 2. The summed E-state index contributed by atoms with van der Waals surface area (Å²) in [5.74, 6) is -1.34. The average Bonchev–Trinajstić information content (AvgIpc) is 3.01. The van der Waals surface area contributed by atoms with Crippen molar-refractivity contribution in [2.45, 2.75) is 31.3 Å². The molecule has 0 radical (unpaired) electrons. The minimum absolute atomic E-state index is 0.0208. The summed E-state index contributed by atoms with van der Waals surface area (Å²) in [6.07, 6.45) is 2.16. The Morgan fingerprint density at radius 1 is 1.39 bits per heavy atom. The molecule has 0 aromatic carbocycles. The number of carbonyl (C=O) groups is 2. The van der Waals surface area contributed by atoms with Crippen molar-refractivity contribution < 1.29 is 19.1 Å². The number of hydrogen-bond donors (Lipinski definition) is 1. The van der Waals surface area contributed by atoms with Gasteiger partial charge < -0.3 is 14.4 Å². The zero-order chi connectivity index (χ0) is 12.9. The van der Waals surface area contributed by atoms with Crippen LogP contribution in [0.25, 0.3) is 0 Å². The van der Waals surface area contributed by atoms with E-state index in [1.54, 1.807) is 4.90 Å². The van der Waals surface area contributed by atoms with E-state index in [-0.39, 0.29) is 29.0 Å². The molecule has 1 amide bonds. The topological polar surface area (TPSA) is 70.8 Å². The number of carboxylic acids is 1. The lowest BCUT2D eigenvalue weighted by Crippen LogP contribution is -2.37. The molecule has 3 atom stereocenters. The lowest BCUT2D eigenvalue weighted by Gasteiger charge is -2.21. The smallest absolute Gasteiger partial charge is 0.308 e. The van der Waals surface area contributed by atoms with Gasteiger partial charge in [0.2, 0.25) is 0 Å². The third-order valence-corrected chi connectivity index (χ3v) is 4.08. The number of furan rings is 1. The molecular formula is C12H12ClNO4. The minimum Gasteiger partial charge on any atom is -0.481 e. The van der Waals surface area contributed by atoms with Crippen LogP contribution in [0.5, 0.6) is 0 Å². The van der Waals surface area contributed by atoms with Gasteiger partial charge in [-0.1, -0.05) is 0 Å². The summed E-state index contributed by atoms with van der Waals surface area (Å²) >= 11 is 5.65. The van der Waals surface area contributed by atoms with Crippen LogP contribution in [-0.2, 0) is 4.79 Å². The van der Waals surface area contributed by atoms with Crippen molar-refractivity contribution >= 4 is 23.5 Å². The fourth-order valence-electron chi connectivity index (χ4n) is 3.13. The molecule has 2 saturated heterocycles. The van der Waals surface area contributed by atoms with Gasteiger partial charge in [-0.2, -0.15) is 0 Å². The lowest BCUT2D eigenvalue weighted by molar-refractivity contribution is -0.142. The van der Waals surface area contributed by atoms with E-state index in [0.717, 1.165) is 12.8 Å². The van der Waals surface area contributed by atoms with Gasteiger partial charge in [-0.05, 0) is 43.0 Å². The summed E-state index contributed by atoms with van der Waals surface area (Å²) in [6, 6.07) is 2.86. The Hall–Kier alpha value is -1.49. The second-order valence-corrected chi connectivity index (χ2v) is 5.17. The number of carbonyl (C=O) groups excluding carboxylic acids is 1. The van der Waals surface area contributed by atoms with Gasteiger partial charge in [0.25, 0.3) is 5.91 Å². The zero-order valence-electron chi connectivity index (χ0n) is 9.51. The summed E-state index contributed by atoms with van der Waals surface area (Å²) in [5.41, 5.74) is 0. The first-order valence-electron chi connectivity index (χ1n) is 5.88. The van der Waals surface area contributed by atoms with Gasteiger partial charge in [-0.15, -0.1) is 0 Å². The van der Waals surface area contributed by atoms with E-state index in [1.165, 1.54) is 12.1 Å². The highest BCUT2D eigenvalue weighted by molar-refractivity contribution is 6.29. The summed E-state index contributed by atoms with van der Waals surface area (Å²) in [7, 11) is 0.